The van der Waals surface area contributed by atoms with Crippen LogP contribution in [-0.4, -0.2) is 36.7 Å². The number of hydrogen-bond acceptors (Lipinski definition) is 5. The molecule has 1 aliphatic heterocycles. The van der Waals surface area contributed by atoms with E-state index in [0.29, 0.717) is 23.6 Å². The normalized spacial score (nSPS) is 13.6. The average Bonchev–Trinajstić information content (AvgIpc) is 2.50. The summed E-state index contributed by atoms with van der Waals surface area (Å²) < 4.78 is 10.4. The number of fused-ring (bicyclic) bond motifs is 1. The molecule has 1 aromatic rings. The fraction of sp³-hybridized carbons (Fsp3) is 0.467. The first kappa shape index (κ1) is 15.3. The maximum Gasteiger partial charge on any atom is 0.326 e. The standard InChI is InChI=1S/C15H19NO5/c1-2-3-6-20-15(19)8-16-12-7-11(9-17)4-5-13(12)21-10-14(16)18/h4-5,7,17H,2-3,6,8-10H2,1H3. The lowest BCUT2D eigenvalue weighted by atomic mass is 10.1. The van der Waals surface area contributed by atoms with Gasteiger partial charge < -0.3 is 14.6 Å². The molecule has 0 radical (unpaired) electrons. The predicted molar refractivity (Wildman–Crippen MR) is 76.1 cm³/mol. The molecule has 1 aromatic carbocycles. The summed E-state index contributed by atoms with van der Waals surface area (Å²) in [6.07, 6.45) is 1.74. The van der Waals surface area contributed by atoms with Crippen LogP contribution >= 0.6 is 0 Å². The highest BCUT2D eigenvalue weighted by molar-refractivity contribution is 6.01. The Bertz CT molecular complexity index is 529. The van der Waals surface area contributed by atoms with Gasteiger partial charge in [-0.2, -0.15) is 0 Å². The van der Waals surface area contributed by atoms with Crippen molar-refractivity contribution in [3.8, 4) is 5.75 Å². The Morgan fingerprint density at radius 1 is 1.48 bits per heavy atom. The van der Waals surface area contributed by atoms with Crippen molar-refractivity contribution in [3.05, 3.63) is 23.8 Å². The van der Waals surface area contributed by atoms with Crippen molar-refractivity contribution >= 4 is 17.6 Å². The third-order valence-corrected chi connectivity index (χ3v) is 3.20. The Kier molecular flexibility index (Phi) is 5.16. The fourth-order valence-corrected chi connectivity index (χ4v) is 2.02. The summed E-state index contributed by atoms with van der Waals surface area (Å²) in [5, 5.41) is 9.18. The number of rotatable bonds is 6. The highest BCUT2D eigenvalue weighted by Crippen LogP contribution is 2.32. The molecule has 0 saturated heterocycles. The van der Waals surface area contributed by atoms with Crippen LogP contribution in [0, 0.1) is 0 Å². The number of nitrogens with zero attached hydrogens (tertiary/aromatic N) is 1. The van der Waals surface area contributed by atoms with Gasteiger partial charge in [0.1, 0.15) is 12.3 Å². The first-order chi connectivity index (χ1) is 10.2. The van der Waals surface area contributed by atoms with Crippen molar-refractivity contribution in [2.75, 3.05) is 24.7 Å². The number of ether oxygens (including phenoxy) is 2. The summed E-state index contributed by atoms with van der Waals surface area (Å²) in [7, 11) is 0. The van der Waals surface area contributed by atoms with Gasteiger partial charge in [-0.25, -0.2) is 0 Å². The van der Waals surface area contributed by atoms with Crippen molar-refractivity contribution in [1.29, 1.82) is 0 Å². The second-order valence-corrected chi connectivity index (χ2v) is 4.80. The van der Waals surface area contributed by atoms with Crippen LogP contribution in [0.15, 0.2) is 18.2 Å². The van der Waals surface area contributed by atoms with Crippen LogP contribution in [0.2, 0.25) is 0 Å². The highest BCUT2D eigenvalue weighted by atomic mass is 16.5. The van der Waals surface area contributed by atoms with E-state index in [2.05, 4.69) is 0 Å². The number of esters is 1. The van der Waals surface area contributed by atoms with Gasteiger partial charge in [0.2, 0.25) is 0 Å². The second kappa shape index (κ2) is 7.08. The smallest absolute Gasteiger partial charge is 0.326 e. The zero-order valence-electron chi connectivity index (χ0n) is 12.0. The Morgan fingerprint density at radius 2 is 2.29 bits per heavy atom. The SMILES string of the molecule is CCCCOC(=O)CN1C(=O)COc2ccc(CO)cc21. The van der Waals surface area contributed by atoms with E-state index in [1.807, 2.05) is 6.92 Å². The van der Waals surface area contributed by atoms with Gasteiger partial charge in [-0.1, -0.05) is 19.4 Å². The lowest BCUT2D eigenvalue weighted by molar-refractivity contribution is -0.143. The van der Waals surface area contributed by atoms with E-state index in [4.69, 9.17) is 9.47 Å². The second-order valence-electron chi connectivity index (χ2n) is 4.80. The summed E-state index contributed by atoms with van der Waals surface area (Å²) in [6, 6.07) is 5.04. The summed E-state index contributed by atoms with van der Waals surface area (Å²) >= 11 is 0. The molecule has 0 atom stereocenters. The molecule has 1 amide bonds. The minimum Gasteiger partial charge on any atom is -0.482 e. The Morgan fingerprint density at radius 3 is 3.00 bits per heavy atom. The van der Waals surface area contributed by atoms with Crippen LogP contribution in [0.5, 0.6) is 5.75 Å². The van der Waals surface area contributed by atoms with Gasteiger partial charge in [-0.15, -0.1) is 0 Å². The molecule has 0 fully saturated rings. The molecule has 1 N–H and O–H groups in total. The number of benzene rings is 1. The number of aliphatic hydroxyl groups is 1. The van der Waals surface area contributed by atoms with Crippen LogP contribution < -0.4 is 9.64 Å². The maximum atomic E-state index is 12.0. The van der Waals surface area contributed by atoms with E-state index in [1.165, 1.54) is 4.90 Å². The first-order valence-electron chi connectivity index (χ1n) is 6.98. The molecule has 0 aromatic heterocycles. The van der Waals surface area contributed by atoms with Crippen LogP contribution in [0.1, 0.15) is 25.3 Å². The van der Waals surface area contributed by atoms with Gasteiger partial charge in [-0.3, -0.25) is 14.5 Å². The lowest BCUT2D eigenvalue weighted by Crippen LogP contribution is -2.42. The highest BCUT2D eigenvalue weighted by Gasteiger charge is 2.28. The van der Waals surface area contributed by atoms with Crippen molar-refractivity contribution in [1.82, 2.24) is 0 Å². The zero-order chi connectivity index (χ0) is 15.2. The van der Waals surface area contributed by atoms with E-state index in [9.17, 15) is 14.7 Å². The van der Waals surface area contributed by atoms with Crippen LogP contribution in [0.25, 0.3) is 0 Å². The van der Waals surface area contributed by atoms with E-state index in [-0.39, 0.29) is 25.7 Å². The molecule has 114 valence electrons. The number of unbranched alkanes of at least 4 members (excludes halogenated alkanes) is 1. The molecule has 1 aliphatic rings. The number of carbonyl (C=O) groups excluding carboxylic acids is 2. The van der Waals surface area contributed by atoms with Gasteiger partial charge in [-0.05, 0) is 24.1 Å². The predicted octanol–water partition coefficient (Wildman–Crippen LogP) is 1.25. The summed E-state index contributed by atoms with van der Waals surface area (Å²) in [5.74, 6) is -0.225. The minimum absolute atomic E-state index is 0.103. The van der Waals surface area contributed by atoms with E-state index in [0.717, 1.165) is 12.8 Å². The number of aliphatic hydroxyl groups excluding tert-OH is 1. The topological polar surface area (TPSA) is 76.1 Å². The molecule has 0 saturated carbocycles. The van der Waals surface area contributed by atoms with Crippen molar-refractivity contribution in [3.63, 3.8) is 0 Å². The maximum absolute atomic E-state index is 12.0. The molecule has 0 bridgehead atoms. The largest absolute Gasteiger partial charge is 0.482 e. The van der Waals surface area contributed by atoms with Gasteiger partial charge in [0.15, 0.2) is 6.61 Å². The molecular weight excluding hydrogens is 274 g/mol. The molecule has 21 heavy (non-hydrogen) atoms. The monoisotopic (exact) mass is 293 g/mol. The van der Waals surface area contributed by atoms with Gasteiger partial charge >= 0.3 is 5.97 Å². The third-order valence-electron chi connectivity index (χ3n) is 3.20. The zero-order valence-corrected chi connectivity index (χ0v) is 12.0. The number of carbonyl (C=O) groups is 2. The lowest BCUT2D eigenvalue weighted by Gasteiger charge is -2.29. The fourth-order valence-electron chi connectivity index (χ4n) is 2.02. The van der Waals surface area contributed by atoms with E-state index >= 15 is 0 Å². The molecule has 1 heterocycles. The molecule has 0 spiro atoms. The van der Waals surface area contributed by atoms with Crippen molar-refractivity contribution in [2.45, 2.75) is 26.4 Å². The van der Waals surface area contributed by atoms with Crippen molar-refractivity contribution in [2.24, 2.45) is 0 Å². The summed E-state index contributed by atoms with van der Waals surface area (Å²) in [4.78, 5) is 25.1. The molecule has 6 heteroatoms. The molecule has 6 nitrogen and oxygen atoms in total. The van der Waals surface area contributed by atoms with Gasteiger partial charge in [0.25, 0.3) is 5.91 Å². The molecule has 0 aliphatic carbocycles. The molecular formula is C15H19NO5. The summed E-state index contributed by atoms with van der Waals surface area (Å²) in [5.41, 5.74) is 1.14. The molecule has 2 rings (SSSR count). The van der Waals surface area contributed by atoms with Gasteiger partial charge in [0.05, 0.1) is 18.9 Å². The van der Waals surface area contributed by atoms with Crippen LogP contribution in [-0.2, 0) is 20.9 Å². The Labute approximate surface area is 123 Å². The Hall–Kier alpha value is -2.08. The Balaban J connectivity index is 2.12. The van der Waals surface area contributed by atoms with Gasteiger partial charge in [0, 0.05) is 0 Å². The third kappa shape index (κ3) is 3.72. The number of hydrogen-bond donors (Lipinski definition) is 1. The first-order valence-corrected chi connectivity index (χ1v) is 6.98. The quantitative estimate of drug-likeness (QED) is 0.631. The van der Waals surface area contributed by atoms with Crippen LogP contribution in [0.3, 0.4) is 0 Å². The average molecular weight is 293 g/mol. The van der Waals surface area contributed by atoms with Crippen molar-refractivity contribution < 1.29 is 24.2 Å². The van der Waals surface area contributed by atoms with Crippen LogP contribution in [0.4, 0.5) is 5.69 Å². The molecule has 0 unspecified atom stereocenters. The van der Waals surface area contributed by atoms with E-state index in [1.54, 1.807) is 18.2 Å². The van der Waals surface area contributed by atoms with E-state index < -0.39 is 5.97 Å². The minimum atomic E-state index is -0.445. The summed E-state index contributed by atoms with van der Waals surface area (Å²) in [6.45, 7) is 1.97. The number of amides is 1. The number of anilines is 1.